The number of aromatic hydroxyl groups is 1. The summed E-state index contributed by atoms with van der Waals surface area (Å²) in [6.07, 6.45) is 3.58. The van der Waals surface area contributed by atoms with Crippen LogP contribution in [0.25, 0.3) is 0 Å². The topological polar surface area (TPSA) is 60.9 Å². The van der Waals surface area contributed by atoms with Crippen LogP contribution in [0.2, 0.25) is 5.02 Å². The van der Waals surface area contributed by atoms with Gasteiger partial charge in [0.25, 0.3) is 0 Å². The Morgan fingerprint density at radius 3 is 3.00 bits per heavy atom. The van der Waals surface area contributed by atoms with E-state index in [0.717, 1.165) is 11.1 Å². The fraction of sp³-hybridized carbons (Fsp3) is 0.182. The zero-order valence-electron chi connectivity index (χ0n) is 8.57. The molecular weight excluding hydrogens is 226 g/mol. The molecule has 0 saturated heterocycles. The zero-order chi connectivity index (χ0) is 11.4. The number of phenolic OH excluding ortho intramolecular Hbond substituents is 1. The van der Waals surface area contributed by atoms with Crippen molar-refractivity contribution in [2.45, 2.75) is 13.1 Å². The van der Waals surface area contributed by atoms with Crippen LogP contribution in [0.1, 0.15) is 11.1 Å². The summed E-state index contributed by atoms with van der Waals surface area (Å²) < 4.78 is 0. The van der Waals surface area contributed by atoms with Crippen molar-refractivity contribution in [3.63, 3.8) is 0 Å². The number of H-pyrrole nitrogens is 1. The number of aromatic amines is 1. The SMILES string of the molecule is Oc1ccc(Cl)cc1CNCc1cn[nH]c1. The van der Waals surface area contributed by atoms with E-state index in [1.807, 2.05) is 6.20 Å². The van der Waals surface area contributed by atoms with Gasteiger partial charge in [-0.05, 0) is 18.2 Å². The highest BCUT2D eigenvalue weighted by Crippen LogP contribution is 2.21. The number of phenols is 1. The first kappa shape index (κ1) is 11.0. The summed E-state index contributed by atoms with van der Waals surface area (Å²) in [6, 6.07) is 5.01. The molecule has 0 aliphatic carbocycles. The molecule has 0 fully saturated rings. The highest BCUT2D eigenvalue weighted by molar-refractivity contribution is 6.30. The van der Waals surface area contributed by atoms with Gasteiger partial charge in [0.1, 0.15) is 5.75 Å². The molecule has 16 heavy (non-hydrogen) atoms. The number of rotatable bonds is 4. The first-order valence-corrected chi connectivity index (χ1v) is 5.29. The number of aromatic nitrogens is 2. The van der Waals surface area contributed by atoms with E-state index in [0.29, 0.717) is 18.1 Å². The summed E-state index contributed by atoms with van der Waals surface area (Å²) in [5, 5.41) is 20.0. The number of halogens is 1. The van der Waals surface area contributed by atoms with Gasteiger partial charge in [0.05, 0.1) is 6.20 Å². The van der Waals surface area contributed by atoms with Crippen molar-refractivity contribution < 1.29 is 5.11 Å². The Hall–Kier alpha value is -1.52. The van der Waals surface area contributed by atoms with Crippen molar-refractivity contribution in [3.05, 3.63) is 46.7 Å². The fourth-order valence-electron chi connectivity index (χ4n) is 1.41. The van der Waals surface area contributed by atoms with Gasteiger partial charge in [0.15, 0.2) is 0 Å². The van der Waals surface area contributed by atoms with Crippen LogP contribution in [-0.4, -0.2) is 15.3 Å². The quantitative estimate of drug-likeness (QED) is 0.763. The molecule has 2 aromatic rings. The molecule has 4 nitrogen and oxygen atoms in total. The normalized spacial score (nSPS) is 10.6. The van der Waals surface area contributed by atoms with Crippen molar-refractivity contribution in [1.29, 1.82) is 0 Å². The average Bonchev–Trinajstić information content (AvgIpc) is 2.76. The van der Waals surface area contributed by atoms with Gasteiger partial charge in [0, 0.05) is 35.4 Å². The molecule has 0 bridgehead atoms. The third-order valence-electron chi connectivity index (χ3n) is 2.24. The summed E-state index contributed by atoms with van der Waals surface area (Å²) in [5.41, 5.74) is 1.86. The Labute approximate surface area is 98.3 Å². The lowest BCUT2D eigenvalue weighted by Crippen LogP contribution is -2.12. The smallest absolute Gasteiger partial charge is 0.120 e. The second kappa shape index (κ2) is 5.01. The summed E-state index contributed by atoms with van der Waals surface area (Å²) in [4.78, 5) is 0. The molecule has 1 heterocycles. The fourth-order valence-corrected chi connectivity index (χ4v) is 1.61. The van der Waals surface area contributed by atoms with E-state index in [1.54, 1.807) is 24.4 Å². The van der Waals surface area contributed by atoms with Gasteiger partial charge in [-0.2, -0.15) is 5.10 Å². The predicted molar refractivity (Wildman–Crippen MR) is 62.2 cm³/mol. The first-order valence-electron chi connectivity index (χ1n) is 4.91. The van der Waals surface area contributed by atoms with Crippen molar-refractivity contribution >= 4 is 11.6 Å². The third-order valence-corrected chi connectivity index (χ3v) is 2.48. The molecule has 0 saturated carbocycles. The molecule has 3 N–H and O–H groups in total. The lowest BCUT2D eigenvalue weighted by Gasteiger charge is -2.06. The maximum atomic E-state index is 9.57. The van der Waals surface area contributed by atoms with E-state index in [-0.39, 0.29) is 5.75 Å². The van der Waals surface area contributed by atoms with Gasteiger partial charge >= 0.3 is 0 Å². The molecule has 1 aromatic carbocycles. The van der Waals surface area contributed by atoms with Crippen LogP contribution in [0, 0.1) is 0 Å². The maximum absolute atomic E-state index is 9.57. The molecule has 0 atom stereocenters. The van der Waals surface area contributed by atoms with E-state index >= 15 is 0 Å². The molecule has 1 aromatic heterocycles. The lowest BCUT2D eigenvalue weighted by atomic mass is 10.2. The number of benzene rings is 1. The summed E-state index contributed by atoms with van der Waals surface area (Å²) in [5.74, 6) is 0.254. The molecule has 0 aliphatic heterocycles. The minimum absolute atomic E-state index is 0.254. The second-order valence-electron chi connectivity index (χ2n) is 3.48. The van der Waals surface area contributed by atoms with Gasteiger partial charge in [-0.15, -0.1) is 0 Å². The monoisotopic (exact) mass is 237 g/mol. The van der Waals surface area contributed by atoms with Crippen molar-refractivity contribution in [2.75, 3.05) is 0 Å². The minimum Gasteiger partial charge on any atom is -0.508 e. The van der Waals surface area contributed by atoms with E-state index in [2.05, 4.69) is 15.5 Å². The summed E-state index contributed by atoms with van der Waals surface area (Å²) in [6.45, 7) is 1.26. The van der Waals surface area contributed by atoms with Gasteiger partial charge < -0.3 is 10.4 Å². The Morgan fingerprint density at radius 1 is 1.38 bits per heavy atom. The molecular formula is C11H12ClN3O. The van der Waals surface area contributed by atoms with Crippen LogP contribution in [-0.2, 0) is 13.1 Å². The molecule has 84 valence electrons. The predicted octanol–water partition coefficient (Wildman–Crippen LogP) is 2.06. The number of nitrogens with zero attached hydrogens (tertiary/aromatic N) is 1. The molecule has 0 spiro atoms. The van der Waals surface area contributed by atoms with Crippen LogP contribution in [0.3, 0.4) is 0 Å². The third kappa shape index (κ3) is 2.74. The molecule has 0 unspecified atom stereocenters. The number of hydrogen-bond acceptors (Lipinski definition) is 3. The van der Waals surface area contributed by atoms with Crippen LogP contribution >= 0.6 is 11.6 Å². The Balaban J connectivity index is 1.92. The van der Waals surface area contributed by atoms with Gasteiger partial charge in [-0.25, -0.2) is 0 Å². The largest absolute Gasteiger partial charge is 0.508 e. The molecule has 0 aliphatic rings. The van der Waals surface area contributed by atoms with Crippen LogP contribution in [0.15, 0.2) is 30.6 Å². The van der Waals surface area contributed by atoms with Crippen molar-refractivity contribution in [3.8, 4) is 5.75 Å². The van der Waals surface area contributed by atoms with Crippen molar-refractivity contribution in [2.24, 2.45) is 0 Å². The van der Waals surface area contributed by atoms with Gasteiger partial charge in [-0.1, -0.05) is 11.6 Å². The number of nitrogens with one attached hydrogen (secondary N) is 2. The molecule has 5 heteroatoms. The van der Waals surface area contributed by atoms with E-state index < -0.39 is 0 Å². The maximum Gasteiger partial charge on any atom is 0.120 e. The average molecular weight is 238 g/mol. The standard InChI is InChI=1S/C11H12ClN3O/c12-10-1-2-11(16)9(3-10)7-13-4-8-5-14-15-6-8/h1-3,5-6,13,16H,4,7H2,(H,14,15). The molecule has 0 amide bonds. The highest BCUT2D eigenvalue weighted by atomic mass is 35.5. The summed E-state index contributed by atoms with van der Waals surface area (Å²) >= 11 is 5.84. The Kier molecular flexibility index (Phi) is 3.44. The Bertz CT molecular complexity index is 456. The highest BCUT2D eigenvalue weighted by Gasteiger charge is 2.01. The van der Waals surface area contributed by atoms with E-state index in [4.69, 9.17) is 11.6 Å². The van der Waals surface area contributed by atoms with Gasteiger partial charge in [-0.3, -0.25) is 5.10 Å². The van der Waals surface area contributed by atoms with Gasteiger partial charge in [0.2, 0.25) is 0 Å². The molecule has 0 radical (unpaired) electrons. The minimum atomic E-state index is 0.254. The van der Waals surface area contributed by atoms with Crippen LogP contribution < -0.4 is 5.32 Å². The van der Waals surface area contributed by atoms with Crippen LogP contribution in [0.5, 0.6) is 5.75 Å². The molecule has 2 rings (SSSR count). The van der Waals surface area contributed by atoms with E-state index in [9.17, 15) is 5.11 Å². The summed E-state index contributed by atoms with van der Waals surface area (Å²) in [7, 11) is 0. The second-order valence-corrected chi connectivity index (χ2v) is 3.92. The number of hydrogen-bond donors (Lipinski definition) is 3. The Morgan fingerprint density at radius 2 is 2.25 bits per heavy atom. The van der Waals surface area contributed by atoms with Crippen LogP contribution in [0.4, 0.5) is 0 Å². The zero-order valence-corrected chi connectivity index (χ0v) is 9.33. The van der Waals surface area contributed by atoms with Crippen molar-refractivity contribution in [1.82, 2.24) is 15.5 Å². The lowest BCUT2D eigenvalue weighted by molar-refractivity contribution is 0.464. The first-order chi connectivity index (χ1) is 7.75. The van der Waals surface area contributed by atoms with E-state index in [1.165, 1.54) is 0 Å².